The quantitative estimate of drug-likeness (QED) is 0.623. The van der Waals surface area contributed by atoms with Gasteiger partial charge < -0.3 is 9.67 Å². The maximum atomic E-state index is 10.1. The van der Waals surface area contributed by atoms with E-state index in [1.54, 1.807) is 12.3 Å². The van der Waals surface area contributed by atoms with Gasteiger partial charge >= 0.3 is 0 Å². The van der Waals surface area contributed by atoms with Crippen LogP contribution in [0.5, 0.6) is 5.75 Å². The third-order valence-electron chi connectivity index (χ3n) is 4.11. The number of hydrogen-bond acceptors (Lipinski definition) is 3. The lowest BCUT2D eigenvalue weighted by Gasteiger charge is -2.10. The van der Waals surface area contributed by atoms with Crippen molar-refractivity contribution in [2.75, 3.05) is 0 Å². The first-order chi connectivity index (χ1) is 11.8. The van der Waals surface area contributed by atoms with E-state index >= 15 is 0 Å². The summed E-state index contributed by atoms with van der Waals surface area (Å²) in [6.07, 6.45) is 2.35. The van der Waals surface area contributed by atoms with E-state index in [1.807, 2.05) is 48.5 Å². The molecule has 2 aromatic carbocycles. The number of phenols is 1. The fraction of sp³-hybridized carbons (Fsp3) is 0.100. The molecule has 0 aliphatic rings. The minimum atomic E-state index is 0.295. The molecule has 0 bridgehead atoms. The fourth-order valence-electron chi connectivity index (χ4n) is 2.90. The van der Waals surface area contributed by atoms with Crippen LogP contribution in [0, 0.1) is 0 Å². The summed E-state index contributed by atoms with van der Waals surface area (Å²) >= 11 is 0. The Kier molecular flexibility index (Phi) is 3.71. The zero-order valence-electron chi connectivity index (χ0n) is 13.1. The topological polar surface area (TPSA) is 50.9 Å². The minimum Gasteiger partial charge on any atom is -0.508 e. The molecule has 118 valence electrons. The van der Waals surface area contributed by atoms with E-state index in [4.69, 9.17) is 4.98 Å². The van der Waals surface area contributed by atoms with Gasteiger partial charge in [-0.1, -0.05) is 48.5 Å². The average molecular weight is 315 g/mol. The lowest BCUT2D eigenvalue weighted by atomic mass is 10.1. The first kappa shape index (κ1) is 14.5. The second-order valence-electron chi connectivity index (χ2n) is 5.75. The monoisotopic (exact) mass is 315 g/mol. The van der Waals surface area contributed by atoms with Crippen LogP contribution < -0.4 is 0 Å². The molecule has 4 nitrogen and oxygen atoms in total. The van der Waals surface area contributed by atoms with Gasteiger partial charge in [-0.05, 0) is 23.8 Å². The molecule has 0 unspecified atom stereocenters. The lowest BCUT2D eigenvalue weighted by molar-refractivity contribution is 0.468. The predicted octanol–water partition coefficient (Wildman–Crippen LogP) is 3.78. The van der Waals surface area contributed by atoms with E-state index in [-0.39, 0.29) is 0 Å². The Morgan fingerprint density at radius 1 is 0.875 bits per heavy atom. The summed E-state index contributed by atoms with van der Waals surface area (Å²) in [6, 6.07) is 21.5. The standard InChI is InChI=1S/C20H17N3O/c24-18-11-5-4-9-16(18)13-19-22-17-10-6-12-21-20(17)23(19)14-15-7-2-1-3-8-15/h1-12,24H,13-14H2. The lowest BCUT2D eigenvalue weighted by Crippen LogP contribution is -2.06. The number of nitrogens with zero attached hydrogens (tertiary/aromatic N) is 3. The Morgan fingerprint density at radius 3 is 2.50 bits per heavy atom. The van der Waals surface area contributed by atoms with E-state index in [0.717, 1.165) is 22.6 Å². The van der Waals surface area contributed by atoms with Crippen molar-refractivity contribution in [3.05, 3.63) is 89.9 Å². The van der Waals surface area contributed by atoms with Gasteiger partial charge in [-0.2, -0.15) is 0 Å². The molecule has 0 radical (unpaired) electrons. The molecule has 4 rings (SSSR count). The number of aromatic nitrogens is 3. The molecule has 0 aliphatic heterocycles. The van der Waals surface area contributed by atoms with Crippen LogP contribution in [0.4, 0.5) is 0 Å². The Hall–Kier alpha value is -3.14. The molecular weight excluding hydrogens is 298 g/mol. The summed E-state index contributed by atoms with van der Waals surface area (Å²) in [4.78, 5) is 9.23. The van der Waals surface area contributed by atoms with E-state index in [2.05, 4.69) is 21.7 Å². The third kappa shape index (κ3) is 2.74. The van der Waals surface area contributed by atoms with Crippen molar-refractivity contribution >= 4 is 11.2 Å². The van der Waals surface area contributed by atoms with Crippen molar-refractivity contribution in [1.82, 2.24) is 14.5 Å². The highest BCUT2D eigenvalue weighted by atomic mass is 16.3. The molecule has 2 heterocycles. The second-order valence-corrected chi connectivity index (χ2v) is 5.75. The molecule has 0 spiro atoms. The summed E-state index contributed by atoms with van der Waals surface area (Å²) < 4.78 is 2.12. The van der Waals surface area contributed by atoms with Crippen LogP contribution in [0.3, 0.4) is 0 Å². The van der Waals surface area contributed by atoms with Gasteiger partial charge in [0.05, 0.1) is 6.54 Å². The van der Waals surface area contributed by atoms with Gasteiger partial charge in [0.25, 0.3) is 0 Å². The van der Waals surface area contributed by atoms with Gasteiger partial charge in [0.15, 0.2) is 5.65 Å². The zero-order valence-corrected chi connectivity index (χ0v) is 13.1. The highest BCUT2D eigenvalue weighted by Gasteiger charge is 2.14. The van der Waals surface area contributed by atoms with E-state index < -0.39 is 0 Å². The molecule has 0 saturated heterocycles. The SMILES string of the molecule is Oc1ccccc1Cc1nc2cccnc2n1Cc1ccccc1. The van der Waals surface area contributed by atoms with Crippen LogP contribution in [0.15, 0.2) is 72.9 Å². The molecule has 0 amide bonds. The smallest absolute Gasteiger partial charge is 0.160 e. The van der Waals surface area contributed by atoms with Crippen molar-refractivity contribution in [1.29, 1.82) is 0 Å². The summed E-state index contributed by atoms with van der Waals surface area (Å²) in [7, 11) is 0. The number of pyridine rings is 1. The van der Waals surface area contributed by atoms with Crippen molar-refractivity contribution in [3.8, 4) is 5.75 Å². The molecule has 0 atom stereocenters. The molecule has 0 aliphatic carbocycles. The van der Waals surface area contributed by atoms with Crippen LogP contribution in [0.2, 0.25) is 0 Å². The number of hydrogen-bond donors (Lipinski definition) is 1. The maximum absolute atomic E-state index is 10.1. The van der Waals surface area contributed by atoms with Crippen LogP contribution in [-0.4, -0.2) is 19.6 Å². The van der Waals surface area contributed by atoms with Crippen molar-refractivity contribution in [2.24, 2.45) is 0 Å². The van der Waals surface area contributed by atoms with Gasteiger partial charge in [0.2, 0.25) is 0 Å². The largest absolute Gasteiger partial charge is 0.508 e. The Bertz CT molecular complexity index is 977. The van der Waals surface area contributed by atoms with Gasteiger partial charge in [0.1, 0.15) is 17.1 Å². The van der Waals surface area contributed by atoms with E-state index in [0.29, 0.717) is 18.7 Å². The number of benzene rings is 2. The highest BCUT2D eigenvalue weighted by Crippen LogP contribution is 2.22. The maximum Gasteiger partial charge on any atom is 0.160 e. The third-order valence-corrected chi connectivity index (χ3v) is 4.11. The molecule has 24 heavy (non-hydrogen) atoms. The van der Waals surface area contributed by atoms with Crippen LogP contribution >= 0.6 is 0 Å². The Morgan fingerprint density at radius 2 is 1.67 bits per heavy atom. The predicted molar refractivity (Wildman–Crippen MR) is 94.0 cm³/mol. The molecule has 0 saturated carbocycles. The Labute approximate surface area is 140 Å². The molecule has 2 aromatic heterocycles. The normalized spacial score (nSPS) is 11.0. The van der Waals surface area contributed by atoms with E-state index in [1.165, 1.54) is 5.56 Å². The Balaban J connectivity index is 1.79. The summed E-state index contributed by atoms with van der Waals surface area (Å²) in [6.45, 7) is 0.706. The number of fused-ring (bicyclic) bond motifs is 1. The number of aromatic hydroxyl groups is 1. The fourth-order valence-corrected chi connectivity index (χ4v) is 2.90. The zero-order chi connectivity index (χ0) is 16.4. The minimum absolute atomic E-state index is 0.295. The molecular formula is C20H17N3O. The van der Waals surface area contributed by atoms with Crippen molar-refractivity contribution in [2.45, 2.75) is 13.0 Å². The highest BCUT2D eigenvalue weighted by molar-refractivity contribution is 5.71. The van der Waals surface area contributed by atoms with Crippen LogP contribution in [-0.2, 0) is 13.0 Å². The second kappa shape index (κ2) is 6.16. The summed E-state index contributed by atoms with van der Waals surface area (Å²) in [5.41, 5.74) is 3.80. The average Bonchev–Trinajstić information content (AvgIpc) is 2.95. The van der Waals surface area contributed by atoms with E-state index in [9.17, 15) is 5.11 Å². The number of para-hydroxylation sites is 1. The van der Waals surface area contributed by atoms with Gasteiger partial charge in [-0.3, -0.25) is 0 Å². The first-order valence-electron chi connectivity index (χ1n) is 7.92. The van der Waals surface area contributed by atoms with Gasteiger partial charge in [0, 0.05) is 18.2 Å². The van der Waals surface area contributed by atoms with Crippen LogP contribution in [0.25, 0.3) is 11.2 Å². The number of rotatable bonds is 4. The van der Waals surface area contributed by atoms with Gasteiger partial charge in [-0.15, -0.1) is 0 Å². The van der Waals surface area contributed by atoms with Crippen molar-refractivity contribution < 1.29 is 5.11 Å². The van der Waals surface area contributed by atoms with Gasteiger partial charge in [-0.25, -0.2) is 9.97 Å². The molecule has 4 heteroatoms. The van der Waals surface area contributed by atoms with Crippen LogP contribution in [0.1, 0.15) is 17.0 Å². The molecule has 4 aromatic rings. The number of imidazole rings is 1. The molecule has 0 fully saturated rings. The molecule has 1 N–H and O–H groups in total. The number of phenolic OH excluding ortho intramolecular Hbond substituents is 1. The summed E-state index contributed by atoms with van der Waals surface area (Å²) in [5.74, 6) is 1.19. The van der Waals surface area contributed by atoms with Crippen molar-refractivity contribution in [3.63, 3.8) is 0 Å². The first-order valence-corrected chi connectivity index (χ1v) is 7.92. The summed E-state index contributed by atoms with van der Waals surface area (Å²) in [5, 5.41) is 10.1.